The molecule has 2 aromatic carbocycles. The van der Waals surface area contributed by atoms with Crippen LogP contribution in [0.4, 0.5) is 16.2 Å². The number of urea groups is 1. The van der Waals surface area contributed by atoms with Gasteiger partial charge in [-0.25, -0.2) is 4.79 Å². The largest absolute Gasteiger partial charge is 0.494 e. The first-order valence-electron chi connectivity index (χ1n) is 7.74. The molecule has 6 heteroatoms. The second-order valence-corrected chi connectivity index (χ2v) is 5.09. The first kappa shape index (κ1) is 17.3. The third kappa shape index (κ3) is 6.00. The maximum absolute atomic E-state index is 11.9. The van der Waals surface area contributed by atoms with Crippen molar-refractivity contribution < 1.29 is 14.3 Å². The highest BCUT2D eigenvalue weighted by Crippen LogP contribution is 2.14. The number of hydrogen-bond acceptors (Lipinski definition) is 3. The normalized spacial score (nSPS) is 9.88. The Morgan fingerprint density at radius 1 is 0.917 bits per heavy atom. The van der Waals surface area contributed by atoms with E-state index in [0.717, 1.165) is 5.75 Å². The fourth-order valence-corrected chi connectivity index (χ4v) is 1.99. The Labute approximate surface area is 141 Å². The molecular formula is C18H21N3O3. The van der Waals surface area contributed by atoms with Crippen LogP contribution in [0.15, 0.2) is 54.6 Å². The lowest BCUT2D eigenvalue weighted by atomic mass is 10.2. The topological polar surface area (TPSA) is 79.5 Å². The van der Waals surface area contributed by atoms with E-state index in [4.69, 9.17) is 4.74 Å². The SMILES string of the molecule is CNC(=O)Nc1ccc(NC(=O)CCCOc2ccccc2)cc1. The van der Waals surface area contributed by atoms with E-state index in [1.807, 2.05) is 30.3 Å². The van der Waals surface area contributed by atoms with Crippen molar-refractivity contribution in [2.75, 3.05) is 24.3 Å². The van der Waals surface area contributed by atoms with Gasteiger partial charge in [0.25, 0.3) is 0 Å². The number of para-hydroxylation sites is 1. The predicted molar refractivity (Wildman–Crippen MR) is 94.3 cm³/mol. The van der Waals surface area contributed by atoms with Crippen molar-refractivity contribution in [1.29, 1.82) is 0 Å². The van der Waals surface area contributed by atoms with Gasteiger partial charge in [0.1, 0.15) is 5.75 Å². The lowest BCUT2D eigenvalue weighted by Crippen LogP contribution is -2.24. The molecule has 0 aromatic heterocycles. The number of benzene rings is 2. The molecule has 0 aliphatic rings. The minimum atomic E-state index is -0.287. The van der Waals surface area contributed by atoms with Crippen LogP contribution in [0.2, 0.25) is 0 Å². The van der Waals surface area contributed by atoms with E-state index >= 15 is 0 Å². The van der Waals surface area contributed by atoms with Crippen LogP contribution in [0.1, 0.15) is 12.8 Å². The highest BCUT2D eigenvalue weighted by molar-refractivity contribution is 5.92. The van der Waals surface area contributed by atoms with E-state index in [2.05, 4.69) is 16.0 Å². The van der Waals surface area contributed by atoms with Gasteiger partial charge in [0.05, 0.1) is 6.61 Å². The summed E-state index contributed by atoms with van der Waals surface area (Å²) < 4.78 is 5.54. The second kappa shape index (κ2) is 9.19. The Morgan fingerprint density at radius 3 is 2.17 bits per heavy atom. The van der Waals surface area contributed by atoms with Gasteiger partial charge >= 0.3 is 6.03 Å². The molecule has 3 amide bonds. The van der Waals surface area contributed by atoms with Crippen LogP contribution in [0.5, 0.6) is 5.75 Å². The molecule has 0 aliphatic heterocycles. The molecule has 2 rings (SSSR count). The number of carbonyl (C=O) groups is 2. The summed E-state index contributed by atoms with van der Waals surface area (Å²) in [5, 5.41) is 7.93. The molecule has 126 valence electrons. The van der Waals surface area contributed by atoms with Gasteiger partial charge < -0.3 is 20.7 Å². The third-order valence-electron chi connectivity index (χ3n) is 3.21. The monoisotopic (exact) mass is 327 g/mol. The first-order valence-corrected chi connectivity index (χ1v) is 7.74. The molecule has 0 aliphatic carbocycles. The highest BCUT2D eigenvalue weighted by Gasteiger charge is 2.04. The number of hydrogen-bond donors (Lipinski definition) is 3. The molecule has 0 fully saturated rings. The van der Waals surface area contributed by atoms with Gasteiger partial charge in [-0.2, -0.15) is 0 Å². The number of rotatable bonds is 7. The molecule has 0 bridgehead atoms. The number of nitrogens with one attached hydrogen (secondary N) is 3. The molecule has 0 radical (unpaired) electrons. The van der Waals surface area contributed by atoms with E-state index in [1.54, 1.807) is 31.3 Å². The number of amides is 3. The van der Waals surface area contributed by atoms with Crippen molar-refractivity contribution >= 4 is 23.3 Å². The van der Waals surface area contributed by atoms with Gasteiger partial charge in [0, 0.05) is 24.8 Å². The van der Waals surface area contributed by atoms with Crippen molar-refractivity contribution in [3.05, 3.63) is 54.6 Å². The fraction of sp³-hybridized carbons (Fsp3) is 0.222. The maximum Gasteiger partial charge on any atom is 0.318 e. The third-order valence-corrected chi connectivity index (χ3v) is 3.21. The predicted octanol–water partition coefficient (Wildman–Crippen LogP) is 3.24. The van der Waals surface area contributed by atoms with Gasteiger partial charge in [0.2, 0.25) is 5.91 Å². The Kier molecular flexibility index (Phi) is 6.64. The highest BCUT2D eigenvalue weighted by atomic mass is 16.5. The molecule has 0 saturated heterocycles. The lowest BCUT2D eigenvalue weighted by molar-refractivity contribution is -0.116. The Bertz CT molecular complexity index is 657. The molecule has 2 aromatic rings. The summed E-state index contributed by atoms with van der Waals surface area (Å²) in [5.41, 5.74) is 1.34. The number of anilines is 2. The van der Waals surface area contributed by atoms with Crippen LogP contribution in [-0.2, 0) is 4.79 Å². The van der Waals surface area contributed by atoms with Crippen molar-refractivity contribution in [2.24, 2.45) is 0 Å². The van der Waals surface area contributed by atoms with Crippen LogP contribution in [0, 0.1) is 0 Å². The molecule has 0 atom stereocenters. The molecule has 0 spiro atoms. The number of ether oxygens (including phenoxy) is 1. The molecular weight excluding hydrogens is 306 g/mol. The van der Waals surface area contributed by atoms with Gasteiger partial charge in [-0.1, -0.05) is 18.2 Å². The zero-order valence-electron chi connectivity index (χ0n) is 13.5. The summed E-state index contributed by atoms with van der Waals surface area (Å²) in [6.07, 6.45) is 1.02. The second-order valence-electron chi connectivity index (χ2n) is 5.09. The van der Waals surface area contributed by atoms with Crippen LogP contribution in [0.25, 0.3) is 0 Å². The summed E-state index contributed by atoms with van der Waals surface area (Å²) in [6.45, 7) is 0.492. The summed E-state index contributed by atoms with van der Waals surface area (Å²) in [5.74, 6) is 0.732. The maximum atomic E-state index is 11.9. The molecule has 0 saturated carbocycles. The number of carbonyl (C=O) groups excluding carboxylic acids is 2. The van der Waals surface area contributed by atoms with Crippen LogP contribution in [0.3, 0.4) is 0 Å². The van der Waals surface area contributed by atoms with E-state index in [-0.39, 0.29) is 11.9 Å². The average molecular weight is 327 g/mol. The van der Waals surface area contributed by atoms with Crippen LogP contribution in [-0.4, -0.2) is 25.6 Å². The van der Waals surface area contributed by atoms with Gasteiger partial charge in [-0.05, 0) is 42.8 Å². The Balaban J connectivity index is 1.69. The Hall–Kier alpha value is -3.02. The molecule has 0 heterocycles. The first-order chi connectivity index (χ1) is 11.7. The molecule has 0 unspecified atom stereocenters. The summed E-state index contributed by atoms with van der Waals surface area (Å²) >= 11 is 0. The Morgan fingerprint density at radius 2 is 1.54 bits per heavy atom. The summed E-state index contributed by atoms with van der Waals surface area (Å²) in [4.78, 5) is 23.1. The van der Waals surface area contributed by atoms with E-state index < -0.39 is 0 Å². The van der Waals surface area contributed by atoms with Gasteiger partial charge in [-0.15, -0.1) is 0 Å². The average Bonchev–Trinajstić information content (AvgIpc) is 2.61. The zero-order chi connectivity index (χ0) is 17.2. The molecule has 6 nitrogen and oxygen atoms in total. The standard InChI is InChI=1S/C18H21N3O3/c1-19-18(23)21-15-11-9-14(10-12-15)20-17(22)8-5-13-24-16-6-3-2-4-7-16/h2-4,6-7,9-12H,5,8,13H2,1H3,(H,20,22)(H2,19,21,23). The zero-order valence-corrected chi connectivity index (χ0v) is 13.5. The minimum Gasteiger partial charge on any atom is -0.494 e. The minimum absolute atomic E-state index is 0.0707. The van der Waals surface area contributed by atoms with E-state index in [1.165, 1.54) is 0 Å². The van der Waals surface area contributed by atoms with Gasteiger partial charge in [0.15, 0.2) is 0 Å². The summed E-state index contributed by atoms with van der Waals surface area (Å²) in [7, 11) is 1.55. The fourth-order valence-electron chi connectivity index (χ4n) is 1.99. The van der Waals surface area contributed by atoms with E-state index in [9.17, 15) is 9.59 Å². The van der Waals surface area contributed by atoms with Crippen molar-refractivity contribution in [1.82, 2.24) is 5.32 Å². The van der Waals surface area contributed by atoms with Crippen molar-refractivity contribution in [3.8, 4) is 5.75 Å². The molecule has 24 heavy (non-hydrogen) atoms. The van der Waals surface area contributed by atoms with Crippen LogP contribution < -0.4 is 20.7 Å². The smallest absolute Gasteiger partial charge is 0.318 e. The van der Waals surface area contributed by atoms with Crippen LogP contribution >= 0.6 is 0 Å². The quantitative estimate of drug-likeness (QED) is 0.683. The summed E-state index contributed by atoms with van der Waals surface area (Å²) in [6, 6.07) is 16.2. The lowest BCUT2D eigenvalue weighted by Gasteiger charge is -2.08. The van der Waals surface area contributed by atoms with E-state index in [0.29, 0.717) is 30.8 Å². The van der Waals surface area contributed by atoms with Crippen molar-refractivity contribution in [3.63, 3.8) is 0 Å². The van der Waals surface area contributed by atoms with Gasteiger partial charge in [-0.3, -0.25) is 4.79 Å². The molecule has 3 N–H and O–H groups in total. The van der Waals surface area contributed by atoms with Crippen molar-refractivity contribution in [2.45, 2.75) is 12.8 Å².